The van der Waals surface area contributed by atoms with E-state index in [0.717, 1.165) is 5.69 Å². The van der Waals surface area contributed by atoms with Crippen molar-refractivity contribution in [1.82, 2.24) is 24.8 Å². The highest BCUT2D eigenvalue weighted by Crippen LogP contribution is 2.29. The molecule has 0 spiro atoms. The Morgan fingerprint density at radius 2 is 2.14 bits per heavy atom. The Balaban J connectivity index is 1.78. The van der Waals surface area contributed by atoms with Crippen LogP contribution in [0, 0.1) is 5.92 Å². The van der Waals surface area contributed by atoms with Gasteiger partial charge in [0.25, 0.3) is 0 Å². The van der Waals surface area contributed by atoms with Crippen molar-refractivity contribution in [3.8, 4) is 11.5 Å². The van der Waals surface area contributed by atoms with Crippen LogP contribution in [0.15, 0.2) is 24.4 Å². The lowest BCUT2D eigenvalue weighted by Crippen LogP contribution is -2.48. The first-order valence-corrected chi connectivity index (χ1v) is 12.4. The van der Waals surface area contributed by atoms with Crippen molar-refractivity contribution in [3.63, 3.8) is 0 Å². The van der Waals surface area contributed by atoms with E-state index in [1.165, 1.54) is 12.0 Å². The lowest BCUT2D eigenvalue weighted by Gasteiger charge is -2.35. The van der Waals surface area contributed by atoms with E-state index in [2.05, 4.69) is 15.6 Å². The standard InChI is InChI=1S/C25H38N6O6/c1-17-13-30(18(2)15-32)24(33)7-6-10-31-19(12-26-28-31)16-37-23(17)14-29(3)25(34)27-21-9-8-20(35-4)11-22(21)36-5/h8-9,11-12,17-18,23,32H,6-7,10,13-16H2,1-5H3,(H,27,34)/t17-,18+,23-/m0/s1. The Morgan fingerprint density at radius 1 is 1.35 bits per heavy atom. The molecule has 204 valence electrons. The molecule has 0 fully saturated rings. The molecule has 1 aromatic heterocycles. The fourth-order valence-electron chi connectivity index (χ4n) is 4.21. The van der Waals surface area contributed by atoms with E-state index < -0.39 is 6.10 Å². The monoisotopic (exact) mass is 518 g/mol. The van der Waals surface area contributed by atoms with Gasteiger partial charge >= 0.3 is 6.03 Å². The first kappa shape index (κ1) is 28.2. The van der Waals surface area contributed by atoms with Gasteiger partial charge in [0.05, 0.1) is 57.2 Å². The molecule has 1 aromatic carbocycles. The van der Waals surface area contributed by atoms with Crippen LogP contribution < -0.4 is 14.8 Å². The lowest BCUT2D eigenvalue weighted by atomic mass is 10.0. The van der Waals surface area contributed by atoms with Crippen molar-refractivity contribution in [3.05, 3.63) is 30.1 Å². The van der Waals surface area contributed by atoms with Crippen LogP contribution in [0.4, 0.5) is 10.5 Å². The number of aromatic nitrogens is 3. The average Bonchev–Trinajstić information content (AvgIpc) is 3.35. The number of nitrogens with one attached hydrogen (secondary N) is 1. The smallest absolute Gasteiger partial charge is 0.321 e. The van der Waals surface area contributed by atoms with Crippen molar-refractivity contribution in [1.29, 1.82) is 0 Å². The summed E-state index contributed by atoms with van der Waals surface area (Å²) in [6, 6.07) is 4.48. The summed E-state index contributed by atoms with van der Waals surface area (Å²) < 4.78 is 18.6. The number of fused-ring (bicyclic) bond motifs is 1. The van der Waals surface area contributed by atoms with Gasteiger partial charge in [0.15, 0.2) is 0 Å². The predicted octanol–water partition coefficient (Wildman–Crippen LogP) is 1.98. The van der Waals surface area contributed by atoms with E-state index in [9.17, 15) is 14.7 Å². The van der Waals surface area contributed by atoms with Crippen LogP contribution in [0.25, 0.3) is 0 Å². The van der Waals surface area contributed by atoms with Gasteiger partial charge < -0.3 is 34.4 Å². The molecule has 12 nitrogen and oxygen atoms in total. The number of likely N-dealkylation sites (N-methyl/N-ethyl adjacent to an activating group) is 1. The van der Waals surface area contributed by atoms with Crippen LogP contribution in [-0.2, 0) is 22.7 Å². The maximum absolute atomic E-state index is 13.1. The maximum atomic E-state index is 13.1. The number of urea groups is 1. The van der Waals surface area contributed by atoms with Crippen molar-refractivity contribution < 1.29 is 28.9 Å². The van der Waals surface area contributed by atoms with Gasteiger partial charge in [-0.1, -0.05) is 12.1 Å². The van der Waals surface area contributed by atoms with Gasteiger partial charge in [-0.2, -0.15) is 0 Å². The third kappa shape index (κ3) is 7.32. The molecule has 1 aliphatic rings. The highest BCUT2D eigenvalue weighted by Gasteiger charge is 2.29. The normalized spacial score (nSPS) is 19.7. The first-order valence-electron chi connectivity index (χ1n) is 12.4. The van der Waals surface area contributed by atoms with E-state index in [1.807, 2.05) is 13.8 Å². The number of aliphatic hydroxyl groups is 1. The number of hydrogen-bond donors (Lipinski definition) is 2. The minimum absolute atomic E-state index is 0.0351. The minimum atomic E-state index is -0.405. The summed E-state index contributed by atoms with van der Waals surface area (Å²) in [5.41, 5.74) is 1.32. The van der Waals surface area contributed by atoms with Crippen LogP contribution in [0.5, 0.6) is 11.5 Å². The zero-order valence-corrected chi connectivity index (χ0v) is 22.2. The molecule has 3 rings (SSSR count). The molecule has 0 saturated heterocycles. The van der Waals surface area contributed by atoms with E-state index in [0.29, 0.717) is 43.1 Å². The zero-order chi connectivity index (χ0) is 26.9. The summed E-state index contributed by atoms with van der Waals surface area (Å²) >= 11 is 0. The number of amides is 3. The largest absolute Gasteiger partial charge is 0.497 e. The maximum Gasteiger partial charge on any atom is 0.321 e. The summed E-state index contributed by atoms with van der Waals surface area (Å²) in [6.07, 6.45) is 2.20. The highest BCUT2D eigenvalue weighted by atomic mass is 16.5. The third-order valence-electron chi connectivity index (χ3n) is 6.59. The molecule has 1 aliphatic heterocycles. The number of carbonyl (C=O) groups excluding carboxylic acids is 2. The fraction of sp³-hybridized carbons (Fsp3) is 0.600. The Hall–Kier alpha value is -3.38. The summed E-state index contributed by atoms with van der Waals surface area (Å²) in [4.78, 5) is 29.3. The lowest BCUT2D eigenvalue weighted by molar-refractivity contribution is -0.136. The Labute approximate surface area is 217 Å². The number of nitrogens with zero attached hydrogens (tertiary/aromatic N) is 5. The average molecular weight is 519 g/mol. The summed E-state index contributed by atoms with van der Waals surface area (Å²) in [6.45, 7) is 5.14. The second-order valence-electron chi connectivity index (χ2n) is 9.33. The molecule has 0 bridgehead atoms. The minimum Gasteiger partial charge on any atom is -0.497 e. The predicted molar refractivity (Wildman–Crippen MR) is 136 cm³/mol. The Bertz CT molecular complexity index is 1050. The van der Waals surface area contributed by atoms with Crippen LogP contribution in [0.1, 0.15) is 32.4 Å². The van der Waals surface area contributed by atoms with E-state index in [1.54, 1.807) is 48.1 Å². The molecule has 0 aliphatic carbocycles. The van der Waals surface area contributed by atoms with E-state index in [4.69, 9.17) is 14.2 Å². The number of rotatable bonds is 7. The number of hydrogen-bond acceptors (Lipinski definition) is 8. The SMILES string of the molecule is COc1ccc(NC(=O)N(C)C[C@@H]2OCc3cnnn3CCCC(=O)N([C@H](C)CO)C[C@@H]2C)c(OC)c1. The molecule has 2 N–H and O–H groups in total. The molecule has 37 heavy (non-hydrogen) atoms. The van der Waals surface area contributed by atoms with Crippen LogP contribution in [0.3, 0.4) is 0 Å². The van der Waals surface area contributed by atoms with Crippen molar-refractivity contribution >= 4 is 17.6 Å². The Kier molecular flexibility index (Phi) is 10.1. The van der Waals surface area contributed by atoms with Crippen LogP contribution >= 0.6 is 0 Å². The van der Waals surface area contributed by atoms with E-state index in [-0.39, 0.29) is 43.7 Å². The number of aliphatic hydroxyl groups excluding tert-OH is 1. The number of ether oxygens (including phenoxy) is 3. The van der Waals surface area contributed by atoms with Gasteiger partial charge in [0.2, 0.25) is 5.91 Å². The number of carbonyl (C=O) groups is 2. The molecule has 3 amide bonds. The van der Waals surface area contributed by atoms with Gasteiger partial charge in [-0.15, -0.1) is 5.10 Å². The highest BCUT2D eigenvalue weighted by molar-refractivity contribution is 5.91. The van der Waals surface area contributed by atoms with Gasteiger partial charge in [-0.05, 0) is 25.5 Å². The molecule has 2 aromatic rings. The van der Waals surface area contributed by atoms with Crippen LogP contribution in [0.2, 0.25) is 0 Å². The molecular formula is C25H38N6O6. The Morgan fingerprint density at radius 3 is 2.84 bits per heavy atom. The van der Waals surface area contributed by atoms with E-state index >= 15 is 0 Å². The van der Waals surface area contributed by atoms with Gasteiger partial charge in [0, 0.05) is 45.1 Å². The molecule has 0 saturated carbocycles. The molecule has 12 heteroatoms. The number of benzene rings is 1. The number of aryl methyl sites for hydroxylation is 1. The zero-order valence-electron chi connectivity index (χ0n) is 22.2. The molecule has 0 radical (unpaired) electrons. The topological polar surface area (TPSA) is 131 Å². The number of anilines is 1. The van der Waals surface area contributed by atoms with Gasteiger partial charge in [-0.3, -0.25) is 4.79 Å². The van der Waals surface area contributed by atoms with Gasteiger partial charge in [-0.25, -0.2) is 9.48 Å². The fourth-order valence-corrected chi connectivity index (χ4v) is 4.21. The molecule has 0 unspecified atom stereocenters. The molecular weight excluding hydrogens is 480 g/mol. The second kappa shape index (κ2) is 13.2. The second-order valence-corrected chi connectivity index (χ2v) is 9.33. The van der Waals surface area contributed by atoms with Gasteiger partial charge in [0.1, 0.15) is 11.5 Å². The van der Waals surface area contributed by atoms with Crippen molar-refractivity contribution in [2.45, 2.75) is 52.0 Å². The molecule has 2 heterocycles. The third-order valence-corrected chi connectivity index (χ3v) is 6.59. The van der Waals surface area contributed by atoms with Crippen LogP contribution in [-0.4, -0.2) is 94.9 Å². The van der Waals surface area contributed by atoms with Crippen molar-refractivity contribution in [2.75, 3.05) is 46.3 Å². The van der Waals surface area contributed by atoms with Crippen molar-refractivity contribution in [2.24, 2.45) is 5.92 Å². The summed E-state index contributed by atoms with van der Waals surface area (Å²) in [5, 5.41) is 20.7. The quantitative estimate of drug-likeness (QED) is 0.569. The summed E-state index contributed by atoms with van der Waals surface area (Å²) in [5.74, 6) is 0.924. The molecule has 3 atom stereocenters. The summed E-state index contributed by atoms with van der Waals surface area (Å²) in [7, 11) is 4.76. The number of methoxy groups -OCH3 is 2. The first-order chi connectivity index (χ1) is 17.8.